The average Bonchev–Trinajstić information content (AvgIpc) is 3.41. The third-order valence-corrected chi connectivity index (χ3v) is 4.81. The monoisotopic (exact) mass is 365 g/mol. The lowest BCUT2D eigenvalue weighted by atomic mass is 10.1. The van der Waals surface area contributed by atoms with Crippen LogP contribution in [0.3, 0.4) is 0 Å². The fourth-order valence-electron chi connectivity index (χ4n) is 3.33. The van der Waals surface area contributed by atoms with Gasteiger partial charge in [0.05, 0.1) is 11.7 Å². The zero-order valence-electron chi connectivity index (χ0n) is 15.5. The summed E-state index contributed by atoms with van der Waals surface area (Å²) in [5.74, 6) is 1.33. The minimum atomic E-state index is -0.122. The highest BCUT2D eigenvalue weighted by Crippen LogP contribution is 2.22. The van der Waals surface area contributed by atoms with Gasteiger partial charge >= 0.3 is 0 Å². The number of hydrogen-bond acceptors (Lipinski definition) is 5. The molecule has 27 heavy (non-hydrogen) atoms. The molecule has 1 aliphatic rings. The van der Waals surface area contributed by atoms with Crippen LogP contribution in [0.1, 0.15) is 46.5 Å². The molecule has 1 aromatic carbocycles. The van der Waals surface area contributed by atoms with E-state index in [1.165, 1.54) is 0 Å². The number of aromatic amines is 1. The number of amides is 1. The van der Waals surface area contributed by atoms with Crippen LogP contribution in [0.5, 0.6) is 0 Å². The largest absolute Gasteiger partial charge is 0.347 e. The Hall–Kier alpha value is -3.00. The van der Waals surface area contributed by atoms with Gasteiger partial charge in [-0.2, -0.15) is 10.2 Å². The molecular weight excluding hydrogens is 342 g/mol. The highest BCUT2D eigenvalue weighted by atomic mass is 16.2. The van der Waals surface area contributed by atoms with Crippen LogP contribution in [0.2, 0.25) is 0 Å². The maximum atomic E-state index is 12.5. The van der Waals surface area contributed by atoms with Crippen LogP contribution >= 0.6 is 0 Å². The van der Waals surface area contributed by atoms with Gasteiger partial charge in [0, 0.05) is 19.2 Å². The number of hydrogen-bond donors (Lipinski definition) is 3. The van der Waals surface area contributed by atoms with E-state index in [2.05, 4.69) is 30.9 Å². The van der Waals surface area contributed by atoms with E-state index in [0.717, 1.165) is 42.0 Å². The van der Waals surface area contributed by atoms with Gasteiger partial charge in [0.2, 0.25) is 0 Å². The van der Waals surface area contributed by atoms with E-state index in [-0.39, 0.29) is 11.9 Å². The minimum Gasteiger partial charge on any atom is -0.347 e. The van der Waals surface area contributed by atoms with Crippen molar-refractivity contribution in [1.82, 2.24) is 35.6 Å². The van der Waals surface area contributed by atoms with Crippen molar-refractivity contribution in [1.29, 1.82) is 0 Å². The Kier molecular flexibility index (Phi) is 4.72. The Balaban J connectivity index is 1.39. The molecule has 0 spiro atoms. The summed E-state index contributed by atoms with van der Waals surface area (Å²) in [4.78, 5) is 16.9. The number of rotatable bonds is 5. The molecule has 3 N–H and O–H groups in total. The average molecular weight is 365 g/mol. The molecular formula is C19H23N7O. The molecule has 1 unspecified atom stereocenters. The molecule has 8 heteroatoms. The minimum absolute atomic E-state index is 0.122. The van der Waals surface area contributed by atoms with E-state index in [4.69, 9.17) is 0 Å². The molecule has 1 saturated heterocycles. The summed E-state index contributed by atoms with van der Waals surface area (Å²) in [6.07, 6.45) is 2.21. The zero-order valence-corrected chi connectivity index (χ0v) is 15.5. The number of aromatic nitrogens is 5. The lowest BCUT2D eigenvalue weighted by molar-refractivity contribution is 0.0941. The predicted octanol–water partition coefficient (Wildman–Crippen LogP) is 1.87. The summed E-state index contributed by atoms with van der Waals surface area (Å²) < 4.78 is 1.65. The highest BCUT2D eigenvalue weighted by Gasteiger charge is 2.22. The van der Waals surface area contributed by atoms with Crippen LogP contribution < -0.4 is 10.6 Å². The molecule has 8 nitrogen and oxygen atoms in total. The zero-order chi connectivity index (χ0) is 18.8. The lowest BCUT2D eigenvalue weighted by Gasteiger charge is -2.06. The molecule has 1 atom stereocenters. The van der Waals surface area contributed by atoms with Gasteiger partial charge in [-0.3, -0.25) is 14.6 Å². The number of H-pyrrole nitrogens is 1. The van der Waals surface area contributed by atoms with Gasteiger partial charge in [-0.1, -0.05) is 24.3 Å². The molecule has 3 heterocycles. The summed E-state index contributed by atoms with van der Waals surface area (Å²) in [6, 6.07) is 9.99. The Morgan fingerprint density at radius 1 is 1.33 bits per heavy atom. The number of nitrogens with one attached hydrogen (secondary N) is 3. The van der Waals surface area contributed by atoms with Crippen molar-refractivity contribution in [2.24, 2.45) is 7.05 Å². The Labute approximate surface area is 157 Å². The van der Waals surface area contributed by atoms with E-state index in [1.807, 2.05) is 37.3 Å². The maximum absolute atomic E-state index is 12.5. The highest BCUT2D eigenvalue weighted by molar-refractivity contribution is 5.92. The molecule has 0 saturated carbocycles. The molecule has 1 aliphatic heterocycles. The Morgan fingerprint density at radius 2 is 2.15 bits per heavy atom. The fraction of sp³-hybridized carbons (Fsp3) is 0.368. The number of aryl methyl sites for hydroxylation is 2. The van der Waals surface area contributed by atoms with Gasteiger partial charge in [0.25, 0.3) is 5.91 Å². The van der Waals surface area contributed by atoms with E-state index in [1.54, 1.807) is 11.7 Å². The number of benzene rings is 1. The van der Waals surface area contributed by atoms with Gasteiger partial charge in [-0.05, 0) is 37.9 Å². The van der Waals surface area contributed by atoms with E-state index < -0.39 is 0 Å². The van der Waals surface area contributed by atoms with E-state index in [0.29, 0.717) is 18.1 Å². The molecule has 1 fully saturated rings. The Morgan fingerprint density at radius 3 is 2.81 bits per heavy atom. The summed E-state index contributed by atoms with van der Waals surface area (Å²) in [7, 11) is 1.81. The smallest absolute Gasteiger partial charge is 0.269 e. The third-order valence-electron chi connectivity index (χ3n) is 4.81. The van der Waals surface area contributed by atoms with Crippen LogP contribution in [0.15, 0.2) is 30.3 Å². The van der Waals surface area contributed by atoms with Crippen LogP contribution in [-0.2, 0) is 13.6 Å². The maximum Gasteiger partial charge on any atom is 0.269 e. The fourth-order valence-corrected chi connectivity index (χ4v) is 3.33. The SMILES string of the molecule is Cc1nc(-c2ccc(CNC(=O)c3cc(C4CCCN4)nn3C)cc2)n[nH]1. The second-order valence-corrected chi connectivity index (χ2v) is 6.85. The Bertz CT molecular complexity index is 935. The van der Waals surface area contributed by atoms with Gasteiger partial charge in [0.1, 0.15) is 11.5 Å². The van der Waals surface area contributed by atoms with Crippen molar-refractivity contribution in [2.45, 2.75) is 32.4 Å². The first kappa shape index (κ1) is 17.4. The summed E-state index contributed by atoms with van der Waals surface area (Å²) in [5, 5.41) is 17.9. The van der Waals surface area contributed by atoms with Crippen LogP contribution in [-0.4, -0.2) is 37.4 Å². The van der Waals surface area contributed by atoms with Crippen molar-refractivity contribution in [3.05, 3.63) is 53.1 Å². The molecule has 1 amide bonds. The van der Waals surface area contributed by atoms with E-state index in [9.17, 15) is 4.79 Å². The van der Waals surface area contributed by atoms with Crippen molar-refractivity contribution in [2.75, 3.05) is 6.54 Å². The van der Waals surface area contributed by atoms with Crippen LogP contribution in [0.4, 0.5) is 0 Å². The van der Waals surface area contributed by atoms with Crippen LogP contribution in [0.25, 0.3) is 11.4 Å². The predicted molar refractivity (Wildman–Crippen MR) is 101 cm³/mol. The van der Waals surface area contributed by atoms with Gasteiger partial charge in [-0.25, -0.2) is 4.98 Å². The van der Waals surface area contributed by atoms with E-state index >= 15 is 0 Å². The second-order valence-electron chi connectivity index (χ2n) is 6.85. The molecule has 3 aromatic rings. The second kappa shape index (κ2) is 7.32. The molecule has 4 rings (SSSR count). The van der Waals surface area contributed by atoms with Gasteiger partial charge < -0.3 is 10.6 Å². The molecule has 2 aromatic heterocycles. The van der Waals surface area contributed by atoms with Crippen molar-refractivity contribution < 1.29 is 4.79 Å². The normalized spacial score (nSPS) is 16.6. The first-order valence-electron chi connectivity index (χ1n) is 9.14. The molecule has 0 aliphatic carbocycles. The topological polar surface area (TPSA) is 101 Å². The summed E-state index contributed by atoms with van der Waals surface area (Å²) in [5.41, 5.74) is 3.46. The lowest BCUT2D eigenvalue weighted by Crippen LogP contribution is -2.25. The molecule has 0 bridgehead atoms. The van der Waals surface area contributed by atoms with Crippen LogP contribution in [0, 0.1) is 6.92 Å². The van der Waals surface area contributed by atoms with Crippen molar-refractivity contribution >= 4 is 5.91 Å². The third kappa shape index (κ3) is 3.75. The van der Waals surface area contributed by atoms with Gasteiger partial charge in [-0.15, -0.1) is 0 Å². The quantitative estimate of drug-likeness (QED) is 0.641. The van der Waals surface area contributed by atoms with Gasteiger partial charge in [0.15, 0.2) is 5.82 Å². The van der Waals surface area contributed by atoms with Crippen molar-refractivity contribution in [3.8, 4) is 11.4 Å². The first-order valence-corrected chi connectivity index (χ1v) is 9.14. The first-order chi connectivity index (χ1) is 13.1. The summed E-state index contributed by atoms with van der Waals surface area (Å²) in [6.45, 7) is 3.33. The molecule has 0 radical (unpaired) electrons. The summed E-state index contributed by atoms with van der Waals surface area (Å²) >= 11 is 0. The standard InChI is InChI=1S/C19H23N7O/c1-12-22-18(24-23-12)14-7-5-13(6-8-14)11-21-19(27)17-10-16(25-26(17)2)15-4-3-9-20-15/h5-8,10,15,20H,3-4,9,11H2,1-2H3,(H,21,27)(H,22,23,24). The van der Waals surface area contributed by atoms with Crippen molar-refractivity contribution in [3.63, 3.8) is 0 Å². The number of carbonyl (C=O) groups is 1. The number of carbonyl (C=O) groups excluding carboxylic acids is 1. The molecule has 140 valence electrons. The number of nitrogens with zero attached hydrogens (tertiary/aromatic N) is 4.